The van der Waals surface area contributed by atoms with E-state index in [2.05, 4.69) is 15.3 Å². The van der Waals surface area contributed by atoms with Gasteiger partial charge in [-0.2, -0.15) is 4.98 Å². The highest BCUT2D eigenvalue weighted by atomic mass is 35.5. The summed E-state index contributed by atoms with van der Waals surface area (Å²) in [5.74, 6) is 1.02. The maximum absolute atomic E-state index is 12.8. The third-order valence-electron chi connectivity index (χ3n) is 4.63. The summed E-state index contributed by atoms with van der Waals surface area (Å²) in [7, 11) is 1.59. The van der Waals surface area contributed by atoms with E-state index < -0.39 is 0 Å². The molecule has 1 aromatic carbocycles. The van der Waals surface area contributed by atoms with E-state index in [-0.39, 0.29) is 11.8 Å². The second-order valence-electron chi connectivity index (χ2n) is 6.54. The van der Waals surface area contributed by atoms with Crippen LogP contribution in [-0.4, -0.2) is 36.1 Å². The normalized spacial score (nSPS) is 17.1. The molecule has 6 nitrogen and oxygen atoms in total. The maximum Gasteiger partial charge on any atom is 0.229 e. The number of hydrogen-bond acceptors (Lipinski definition) is 5. The first-order valence-corrected chi connectivity index (χ1v) is 9.06. The van der Waals surface area contributed by atoms with E-state index in [0.717, 1.165) is 36.3 Å². The number of nitrogens with zero attached hydrogens (tertiary/aromatic N) is 3. The summed E-state index contributed by atoms with van der Waals surface area (Å²) in [5.41, 5.74) is 2.48. The Balaban J connectivity index is 1.73. The van der Waals surface area contributed by atoms with E-state index in [9.17, 15) is 4.79 Å². The molecule has 2 aromatic rings. The standard InChI is InChI=1S/C19H23ClN4O2/c1-12-10-17(26-3)23-19(21-12)24-9-5-6-14(11-24)18(25)22-16-8-4-7-15(20)13(16)2/h4,7-8,10,14H,5-6,9,11H2,1-3H3,(H,22,25)/t14-/m0/s1. The molecule has 2 heterocycles. The first-order valence-electron chi connectivity index (χ1n) is 8.68. The number of nitrogens with one attached hydrogen (secondary N) is 1. The Morgan fingerprint density at radius 3 is 2.92 bits per heavy atom. The van der Waals surface area contributed by atoms with E-state index in [1.54, 1.807) is 13.2 Å². The average Bonchev–Trinajstić information content (AvgIpc) is 2.65. The van der Waals surface area contributed by atoms with Gasteiger partial charge < -0.3 is 15.0 Å². The number of benzene rings is 1. The molecule has 0 unspecified atom stereocenters. The summed E-state index contributed by atoms with van der Waals surface area (Å²) in [6.45, 7) is 5.21. The molecule has 1 saturated heterocycles. The third-order valence-corrected chi connectivity index (χ3v) is 5.04. The number of ether oxygens (including phenoxy) is 1. The van der Waals surface area contributed by atoms with Gasteiger partial charge in [0.15, 0.2) is 0 Å². The lowest BCUT2D eigenvalue weighted by molar-refractivity contribution is -0.120. The molecule has 7 heteroatoms. The van der Waals surface area contributed by atoms with Crippen molar-refractivity contribution < 1.29 is 9.53 Å². The van der Waals surface area contributed by atoms with Gasteiger partial charge in [-0.05, 0) is 44.4 Å². The van der Waals surface area contributed by atoms with E-state index in [4.69, 9.17) is 16.3 Å². The Hall–Kier alpha value is -2.34. The molecule has 3 rings (SSSR count). The lowest BCUT2D eigenvalue weighted by Gasteiger charge is -2.32. The summed E-state index contributed by atoms with van der Waals surface area (Å²) < 4.78 is 5.23. The van der Waals surface area contributed by atoms with Crippen molar-refractivity contribution in [2.24, 2.45) is 5.92 Å². The molecule has 1 fully saturated rings. The second kappa shape index (κ2) is 7.91. The number of anilines is 2. The van der Waals surface area contributed by atoms with Crippen LogP contribution in [-0.2, 0) is 4.79 Å². The zero-order valence-corrected chi connectivity index (χ0v) is 16.0. The van der Waals surface area contributed by atoms with Crippen LogP contribution < -0.4 is 15.0 Å². The number of methoxy groups -OCH3 is 1. The van der Waals surface area contributed by atoms with Crippen molar-refractivity contribution in [1.82, 2.24) is 9.97 Å². The van der Waals surface area contributed by atoms with Gasteiger partial charge in [0, 0.05) is 35.6 Å². The van der Waals surface area contributed by atoms with Gasteiger partial charge in [-0.15, -0.1) is 0 Å². The van der Waals surface area contributed by atoms with E-state index >= 15 is 0 Å². The zero-order chi connectivity index (χ0) is 18.7. The molecule has 0 saturated carbocycles. The summed E-state index contributed by atoms with van der Waals surface area (Å²) in [6, 6.07) is 7.32. The molecular weight excluding hydrogens is 352 g/mol. The van der Waals surface area contributed by atoms with Gasteiger partial charge in [0.25, 0.3) is 0 Å². The maximum atomic E-state index is 12.8. The Labute approximate surface area is 158 Å². The molecule has 1 aromatic heterocycles. The predicted molar refractivity (Wildman–Crippen MR) is 103 cm³/mol. The highest BCUT2D eigenvalue weighted by Gasteiger charge is 2.28. The van der Waals surface area contributed by atoms with Crippen molar-refractivity contribution in [3.05, 3.63) is 40.5 Å². The highest BCUT2D eigenvalue weighted by molar-refractivity contribution is 6.31. The molecule has 1 atom stereocenters. The van der Waals surface area contributed by atoms with Gasteiger partial charge in [0.2, 0.25) is 17.7 Å². The van der Waals surface area contributed by atoms with Gasteiger partial charge in [-0.25, -0.2) is 4.98 Å². The van der Waals surface area contributed by atoms with Crippen LogP contribution in [0.25, 0.3) is 0 Å². The number of piperidine rings is 1. The molecule has 0 aliphatic carbocycles. The average molecular weight is 375 g/mol. The van der Waals surface area contributed by atoms with Crippen LogP contribution in [0.1, 0.15) is 24.1 Å². The smallest absolute Gasteiger partial charge is 0.229 e. The van der Waals surface area contributed by atoms with E-state index in [0.29, 0.717) is 23.4 Å². The van der Waals surface area contributed by atoms with Gasteiger partial charge in [0.1, 0.15) is 0 Å². The molecule has 0 radical (unpaired) electrons. The molecule has 0 bridgehead atoms. The zero-order valence-electron chi connectivity index (χ0n) is 15.3. The van der Waals surface area contributed by atoms with Crippen molar-refractivity contribution in [3.8, 4) is 5.88 Å². The number of amides is 1. The monoisotopic (exact) mass is 374 g/mol. The fourth-order valence-electron chi connectivity index (χ4n) is 3.12. The summed E-state index contributed by atoms with van der Waals surface area (Å²) >= 11 is 6.14. The summed E-state index contributed by atoms with van der Waals surface area (Å²) in [4.78, 5) is 23.7. The van der Waals surface area contributed by atoms with Crippen molar-refractivity contribution in [2.75, 3.05) is 30.4 Å². The minimum Gasteiger partial charge on any atom is -0.481 e. The van der Waals surface area contributed by atoms with Crippen LogP contribution in [0.15, 0.2) is 24.3 Å². The number of halogens is 1. The Kier molecular flexibility index (Phi) is 5.61. The largest absolute Gasteiger partial charge is 0.481 e. The Morgan fingerprint density at radius 1 is 1.35 bits per heavy atom. The van der Waals surface area contributed by atoms with Gasteiger partial charge >= 0.3 is 0 Å². The van der Waals surface area contributed by atoms with E-state index in [1.165, 1.54) is 0 Å². The number of carbonyl (C=O) groups is 1. The van der Waals surface area contributed by atoms with Crippen molar-refractivity contribution >= 4 is 29.1 Å². The number of rotatable bonds is 4. The quantitative estimate of drug-likeness (QED) is 0.885. The van der Waals surface area contributed by atoms with Crippen molar-refractivity contribution in [1.29, 1.82) is 0 Å². The Morgan fingerprint density at radius 2 is 2.15 bits per heavy atom. The van der Waals surface area contributed by atoms with Crippen LogP contribution in [0.4, 0.5) is 11.6 Å². The molecule has 138 valence electrons. The molecule has 1 amide bonds. The minimum atomic E-state index is -0.128. The topological polar surface area (TPSA) is 67.3 Å². The molecule has 26 heavy (non-hydrogen) atoms. The van der Waals surface area contributed by atoms with Gasteiger partial charge in [0.05, 0.1) is 13.0 Å². The minimum absolute atomic E-state index is 0.000292. The van der Waals surface area contributed by atoms with Crippen LogP contribution in [0.5, 0.6) is 5.88 Å². The molecule has 1 aliphatic heterocycles. The van der Waals surface area contributed by atoms with Crippen LogP contribution in [0.2, 0.25) is 5.02 Å². The summed E-state index contributed by atoms with van der Waals surface area (Å²) in [5, 5.41) is 3.66. The second-order valence-corrected chi connectivity index (χ2v) is 6.95. The molecular formula is C19H23ClN4O2. The SMILES string of the molecule is COc1cc(C)nc(N2CCC[C@H](C(=O)Nc3cccc(Cl)c3C)C2)n1. The number of aromatic nitrogens is 2. The van der Waals surface area contributed by atoms with E-state index in [1.807, 2.05) is 36.9 Å². The molecule has 1 N–H and O–H groups in total. The van der Waals surface area contributed by atoms with Crippen molar-refractivity contribution in [3.63, 3.8) is 0 Å². The lowest BCUT2D eigenvalue weighted by atomic mass is 9.97. The fraction of sp³-hybridized carbons (Fsp3) is 0.421. The van der Waals surface area contributed by atoms with Crippen LogP contribution in [0, 0.1) is 19.8 Å². The lowest BCUT2D eigenvalue weighted by Crippen LogP contribution is -2.41. The highest BCUT2D eigenvalue weighted by Crippen LogP contribution is 2.26. The van der Waals surface area contributed by atoms with Gasteiger partial charge in [-0.3, -0.25) is 4.79 Å². The third kappa shape index (κ3) is 4.07. The summed E-state index contributed by atoms with van der Waals surface area (Å²) in [6.07, 6.45) is 1.75. The number of aryl methyl sites for hydroxylation is 1. The Bertz CT molecular complexity index is 812. The fourth-order valence-corrected chi connectivity index (χ4v) is 3.30. The first-order chi connectivity index (χ1) is 12.5. The molecule has 1 aliphatic rings. The van der Waals surface area contributed by atoms with Crippen LogP contribution >= 0.6 is 11.6 Å². The first kappa shape index (κ1) is 18.5. The molecule has 0 spiro atoms. The van der Waals surface area contributed by atoms with Gasteiger partial charge in [-0.1, -0.05) is 17.7 Å². The number of carbonyl (C=O) groups excluding carboxylic acids is 1. The van der Waals surface area contributed by atoms with Crippen molar-refractivity contribution in [2.45, 2.75) is 26.7 Å². The van der Waals surface area contributed by atoms with Crippen LogP contribution in [0.3, 0.4) is 0 Å². The number of hydrogen-bond donors (Lipinski definition) is 1. The predicted octanol–water partition coefficient (Wildman–Crippen LogP) is 3.61.